The highest BCUT2D eigenvalue weighted by Gasteiger charge is 2.15. The summed E-state index contributed by atoms with van der Waals surface area (Å²) in [5, 5.41) is 3.33. The Labute approximate surface area is 100 Å². The number of ether oxygens (including phenoxy) is 2. The lowest BCUT2D eigenvalue weighted by Gasteiger charge is -2.30. The minimum atomic E-state index is -0.0527. The fraction of sp³-hybridized carbons (Fsp3) is 1.00. The van der Waals surface area contributed by atoms with Gasteiger partial charge in [0.15, 0.2) is 6.29 Å². The van der Waals surface area contributed by atoms with E-state index in [1.165, 1.54) is 0 Å². The number of piperazine rings is 1. The van der Waals surface area contributed by atoms with E-state index in [2.05, 4.69) is 10.2 Å². The van der Waals surface area contributed by atoms with Gasteiger partial charge in [-0.2, -0.15) is 0 Å². The first-order valence-electron chi connectivity index (χ1n) is 6.53. The fourth-order valence-corrected chi connectivity index (χ4v) is 1.63. The van der Waals surface area contributed by atoms with Gasteiger partial charge < -0.3 is 14.8 Å². The third-order valence-corrected chi connectivity index (χ3v) is 2.32. The number of rotatable bonds is 6. The second-order valence-corrected chi connectivity index (χ2v) is 3.39. The van der Waals surface area contributed by atoms with Gasteiger partial charge in [0.25, 0.3) is 0 Å². The van der Waals surface area contributed by atoms with Gasteiger partial charge in [0.2, 0.25) is 0 Å². The third-order valence-electron chi connectivity index (χ3n) is 2.32. The second-order valence-electron chi connectivity index (χ2n) is 3.39. The van der Waals surface area contributed by atoms with Gasteiger partial charge in [-0.3, -0.25) is 4.90 Å². The van der Waals surface area contributed by atoms with E-state index in [4.69, 9.17) is 9.47 Å². The van der Waals surface area contributed by atoms with Gasteiger partial charge in [-0.15, -0.1) is 0 Å². The Kier molecular flexibility index (Phi) is 11.2. The molecule has 0 aromatic carbocycles. The summed E-state index contributed by atoms with van der Waals surface area (Å²) in [6.07, 6.45) is -0.0527. The highest BCUT2D eigenvalue weighted by molar-refractivity contribution is 4.68. The zero-order chi connectivity index (χ0) is 12.2. The lowest BCUT2D eigenvalue weighted by atomic mass is 10.3. The van der Waals surface area contributed by atoms with E-state index in [9.17, 15) is 0 Å². The first-order chi connectivity index (χ1) is 7.86. The summed E-state index contributed by atoms with van der Waals surface area (Å²) < 4.78 is 11.0. The molecule has 98 valence electrons. The maximum atomic E-state index is 5.50. The summed E-state index contributed by atoms with van der Waals surface area (Å²) in [5.74, 6) is 0. The largest absolute Gasteiger partial charge is 0.352 e. The van der Waals surface area contributed by atoms with Crippen molar-refractivity contribution >= 4 is 0 Å². The Bertz CT molecular complexity index is 133. The third kappa shape index (κ3) is 7.17. The van der Waals surface area contributed by atoms with Gasteiger partial charge in [0.1, 0.15) is 0 Å². The van der Waals surface area contributed by atoms with Crippen molar-refractivity contribution in [2.75, 3.05) is 45.9 Å². The Morgan fingerprint density at radius 2 is 1.56 bits per heavy atom. The molecular weight excluding hydrogens is 204 g/mol. The van der Waals surface area contributed by atoms with Crippen molar-refractivity contribution in [3.8, 4) is 0 Å². The zero-order valence-electron chi connectivity index (χ0n) is 11.3. The molecule has 0 aliphatic carbocycles. The molecule has 0 unspecified atom stereocenters. The summed E-state index contributed by atoms with van der Waals surface area (Å²) in [5.41, 5.74) is 0. The molecule has 4 heteroatoms. The molecule has 16 heavy (non-hydrogen) atoms. The number of hydrogen-bond acceptors (Lipinski definition) is 4. The van der Waals surface area contributed by atoms with E-state index < -0.39 is 0 Å². The molecule has 1 saturated heterocycles. The second kappa shape index (κ2) is 11.3. The summed E-state index contributed by atoms with van der Waals surface area (Å²) in [4.78, 5) is 2.38. The number of nitrogens with one attached hydrogen (secondary N) is 1. The topological polar surface area (TPSA) is 33.7 Å². The summed E-state index contributed by atoms with van der Waals surface area (Å²) in [6, 6.07) is 0. The van der Waals surface area contributed by atoms with Crippen LogP contribution in [0.3, 0.4) is 0 Å². The number of nitrogens with zero attached hydrogens (tertiary/aromatic N) is 1. The van der Waals surface area contributed by atoms with Crippen LogP contribution in [0, 0.1) is 0 Å². The van der Waals surface area contributed by atoms with E-state index >= 15 is 0 Å². The van der Waals surface area contributed by atoms with E-state index in [1.807, 2.05) is 27.7 Å². The molecule has 1 aliphatic rings. The van der Waals surface area contributed by atoms with Crippen LogP contribution in [0.4, 0.5) is 0 Å². The molecule has 1 fully saturated rings. The van der Waals surface area contributed by atoms with Crippen LogP contribution in [0.15, 0.2) is 0 Å². The average molecular weight is 232 g/mol. The normalized spacial score (nSPS) is 17.1. The minimum Gasteiger partial charge on any atom is -0.352 e. The molecule has 0 saturated carbocycles. The lowest BCUT2D eigenvalue weighted by molar-refractivity contribution is -0.147. The van der Waals surface area contributed by atoms with Gasteiger partial charge in [0, 0.05) is 45.9 Å². The Balaban J connectivity index is 0.00000106. The SMILES string of the molecule is CC.CCOC(CN1CCNCC1)OCC. The summed E-state index contributed by atoms with van der Waals surface area (Å²) in [7, 11) is 0. The smallest absolute Gasteiger partial charge is 0.170 e. The van der Waals surface area contributed by atoms with Gasteiger partial charge in [-0.05, 0) is 13.8 Å². The van der Waals surface area contributed by atoms with Gasteiger partial charge in [0.05, 0.1) is 0 Å². The fourth-order valence-electron chi connectivity index (χ4n) is 1.63. The van der Waals surface area contributed by atoms with Crippen molar-refractivity contribution in [1.29, 1.82) is 0 Å². The quantitative estimate of drug-likeness (QED) is 0.700. The van der Waals surface area contributed by atoms with E-state index in [0.717, 1.165) is 45.9 Å². The van der Waals surface area contributed by atoms with Crippen LogP contribution in [0.1, 0.15) is 27.7 Å². The molecule has 0 radical (unpaired) electrons. The molecule has 0 aromatic heterocycles. The van der Waals surface area contributed by atoms with Crippen LogP contribution in [0.5, 0.6) is 0 Å². The monoisotopic (exact) mass is 232 g/mol. The van der Waals surface area contributed by atoms with Crippen LogP contribution in [-0.2, 0) is 9.47 Å². The first-order valence-corrected chi connectivity index (χ1v) is 6.53. The van der Waals surface area contributed by atoms with Gasteiger partial charge >= 0.3 is 0 Å². The molecule has 1 rings (SSSR count). The molecule has 0 amide bonds. The molecule has 0 spiro atoms. The predicted molar refractivity (Wildman–Crippen MR) is 67.7 cm³/mol. The van der Waals surface area contributed by atoms with Crippen LogP contribution < -0.4 is 5.32 Å². The predicted octanol–water partition coefficient (Wildman–Crippen LogP) is 1.32. The molecule has 0 bridgehead atoms. The average Bonchev–Trinajstić information content (AvgIpc) is 2.34. The Hall–Kier alpha value is -0.160. The van der Waals surface area contributed by atoms with E-state index in [1.54, 1.807) is 0 Å². The molecular formula is C12H28N2O2. The van der Waals surface area contributed by atoms with Crippen molar-refractivity contribution in [2.24, 2.45) is 0 Å². The van der Waals surface area contributed by atoms with Gasteiger partial charge in [-0.1, -0.05) is 13.8 Å². The van der Waals surface area contributed by atoms with E-state index in [-0.39, 0.29) is 6.29 Å². The van der Waals surface area contributed by atoms with Crippen LogP contribution in [0.2, 0.25) is 0 Å². The highest BCUT2D eigenvalue weighted by atomic mass is 16.7. The molecule has 4 nitrogen and oxygen atoms in total. The van der Waals surface area contributed by atoms with Crippen LogP contribution in [-0.4, -0.2) is 57.1 Å². The zero-order valence-corrected chi connectivity index (χ0v) is 11.3. The van der Waals surface area contributed by atoms with Gasteiger partial charge in [-0.25, -0.2) is 0 Å². The molecule has 1 aliphatic heterocycles. The highest BCUT2D eigenvalue weighted by Crippen LogP contribution is 2.01. The van der Waals surface area contributed by atoms with Crippen molar-refractivity contribution in [3.05, 3.63) is 0 Å². The summed E-state index contributed by atoms with van der Waals surface area (Å²) in [6.45, 7) is 14.7. The standard InChI is InChI=1S/C10H22N2O2.C2H6/c1-3-13-10(14-4-2)9-12-7-5-11-6-8-12;1-2/h10-11H,3-9H2,1-2H3;1-2H3. The van der Waals surface area contributed by atoms with Crippen molar-refractivity contribution < 1.29 is 9.47 Å². The van der Waals surface area contributed by atoms with Crippen molar-refractivity contribution in [1.82, 2.24) is 10.2 Å². The maximum Gasteiger partial charge on any atom is 0.170 e. The maximum absolute atomic E-state index is 5.50. The molecule has 1 N–H and O–H groups in total. The molecule has 0 atom stereocenters. The number of hydrogen-bond donors (Lipinski definition) is 1. The van der Waals surface area contributed by atoms with Crippen molar-refractivity contribution in [2.45, 2.75) is 34.0 Å². The van der Waals surface area contributed by atoms with Crippen LogP contribution >= 0.6 is 0 Å². The lowest BCUT2D eigenvalue weighted by Crippen LogP contribution is -2.47. The summed E-state index contributed by atoms with van der Waals surface area (Å²) >= 11 is 0. The molecule has 1 heterocycles. The Morgan fingerprint density at radius 3 is 2.00 bits per heavy atom. The van der Waals surface area contributed by atoms with Crippen LogP contribution in [0.25, 0.3) is 0 Å². The van der Waals surface area contributed by atoms with E-state index in [0.29, 0.717) is 0 Å². The Morgan fingerprint density at radius 1 is 1.06 bits per heavy atom. The first kappa shape index (κ1) is 15.8. The minimum absolute atomic E-state index is 0.0527. The van der Waals surface area contributed by atoms with Crippen molar-refractivity contribution in [3.63, 3.8) is 0 Å². The molecule has 0 aromatic rings.